The van der Waals surface area contributed by atoms with Crippen LogP contribution in [0.25, 0.3) is 5.69 Å². The number of carbonyl (C=O) groups is 1. The summed E-state index contributed by atoms with van der Waals surface area (Å²) in [7, 11) is 0. The number of hydrogen-bond donors (Lipinski definition) is 1. The van der Waals surface area contributed by atoms with Crippen LogP contribution in [0.15, 0.2) is 36.4 Å². The van der Waals surface area contributed by atoms with Crippen molar-refractivity contribution in [2.45, 2.75) is 25.4 Å². The number of aromatic nitrogens is 2. The zero-order valence-corrected chi connectivity index (χ0v) is 18.3. The molecule has 160 valence electrons. The van der Waals surface area contributed by atoms with Crippen LogP contribution >= 0.6 is 11.8 Å². The van der Waals surface area contributed by atoms with Gasteiger partial charge in [-0.15, -0.1) is 11.8 Å². The predicted octanol–water partition coefficient (Wildman–Crippen LogP) is 1.57. The molecule has 8 heteroatoms. The van der Waals surface area contributed by atoms with E-state index >= 15 is 0 Å². The second kappa shape index (κ2) is 8.61. The summed E-state index contributed by atoms with van der Waals surface area (Å²) in [4.78, 5) is 19.6. The number of anilines is 1. The van der Waals surface area contributed by atoms with Crippen LogP contribution in [0.5, 0.6) is 0 Å². The first-order chi connectivity index (χ1) is 15.1. The molecule has 0 aliphatic carbocycles. The third kappa shape index (κ3) is 3.96. The fourth-order valence-corrected chi connectivity index (χ4v) is 5.68. The Bertz CT molecular complexity index is 921. The van der Waals surface area contributed by atoms with Gasteiger partial charge in [0.2, 0.25) is 5.91 Å². The molecular formula is C22H30N6OS. The van der Waals surface area contributed by atoms with Crippen LogP contribution in [0.1, 0.15) is 13.5 Å². The first-order valence-electron chi connectivity index (χ1n) is 11.3. The molecule has 2 unspecified atom stereocenters. The van der Waals surface area contributed by atoms with Gasteiger partial charge in [-0.3, -0.25) is 9.69 Å². The minimum absolute atomic E-state index is 0.0224. The maximum Gasteiger partial charge on any atom is 0.240 e. The molecule has 1 aromatic carbocycles. The van der Waals surface area contributed by atoms with E-state index in [1.54, 1.807) is 12.1 Å². The molecule has 0 radical (unpaired) electrons. The highest BCUT2D eigenvalue weighted by molar-refractivity contribution is 7.99. The summed E-state index contributed by atoms with van der Waals surface area (Å²) in [6.45, 7) is 7.68. The van der Waals surface area contributed by atoms with Crippen molar-refractivity contribution in [2.24, 2.45) is 0 Å². The topological polar surface area (TPSA) is 56.6 Å². The van der Waals surface area contributed by atoms with E-state index in [1.165, 1.54) is 0 Å². The molecular weight excluding hydrogens is 396 g/mol. The van der Waals surface area contributed by atoms with E-state index in [1.807, 2.05) is 40.4 Å². The summed E-state index contributed by atoms with van der Waals surface area (Å²) >= 11 is 1.84. The molecule has 0 saturated carbocycles. The maximum absolute atomic E-state index is 12.7. The fraction of sp³-hybridized carbons (Fsp3) is 0.545. The van der Waals surface area contributed by atoms with Crippen molar-refractivity contribution in [1.82, 2.24) is 24.9 Å². The molecule has 4 heterocycles. The Balaban J connectivity index is 1.21. The van der Waals surface area contributed by atoms with E-state index in [4.69, 9.17) is 6.47 Å². The van der Waals surface area contributed by atoms with Gasteiger partial charge in [0.15, 0.2) is 0 Å². The summed E-state index contributed by atoms with van der Waals surface area (Å²) in [5.74, 6) is 3.30. The molecule has 5 rings (SSSR count). The molecule has 1 N–H and O–H groups in total. The van der Waals surface area contributed by atoms with Crippen LogP contribution in [0.2, 0.25) is 0 Å². The number of aryl methyl sites for hydroxylation is 1. The van der Waals surface area contributed by atoms with E-state index in [2.05, 4.69) is 21.2 Å². The molecule has 3 aliphatic rings. The van der Waals surface area contributed by atoms with Crippen molar-refractivity contribution in [2.75, 3.05) is 55.8 Å². The lowest BCUT2D eigenvalue weighted by Gasteiger charge is -2.38. The average molecular weight is 428 g/mol. The second-order valence-corrected chi connectivity index (χ2v) is 9.40. The minimum atomic E-state index is -0.0224. The van der Waals surface area contributed by atoms with Crippen LogP contribution in [-0.4, -0.2) is 88.5 Å². The SMILES string of the molecule is [2H]c1ccc(-n2nc(C)cc2N2CCN(C3CNC(C(=O)N4CCSC4)C3)CC2)cc1. The zero-order valence-electron chi connectivity index (χ0n) is 18.5. The highest BCUT2D eigenvalue weighted by atomic mass is 32.2. The fourth-order valence-electron chi connectivity index (χ4n) is 4.73. The molecule has 30 heavy (non-hydrogen) atoms. The second-order valence-electron chi connectivity index (χ2n) is 8.33. The van der Waals surface area contributed by atoms with Gasteiger partial charge in [0.05, 0.1) is 24.7 Å². The van der Waals surface area contributed by atoms with E-state index in [0.29, 0.717) is 12.1 Å². The number of benzene rings is 1. The van der Waals surface area contributed by atoms with Crippen LogP contribution in [0.4, 0.5) is 5.82 Å². The van der Waals surface area contributed by atoms with Crippen molar-refractivity contribution < 1.29 is 6.17 Å². The minimum Gasteiger partial charge on any atom is -0.354 e. The maximum atomic E-state index is 12.7. The Kier molecular flexibility index (Phi) is 5.37. The third-order valence-corrected chi connectivity index (χ3v) is 7.35. The molecule has 0 bridgehead atoms. The number of nitrogens with zero attached hydrogens (tertiary/aromatic N) is 5. The van der Waals surface area contributed by atoms with E-state index in [9.17, 15) is 4.79 Å². The summed E-state index contributed by atoms with van der Waals surface area (Å²) in [6, 6.07) is 10.6. The van der Waals surface area contributed by atoms with Gasteiger partial charge in [0.25, 0.3) is 0 Å². The molecule has 0 spiro atoms. The van der Waals surface area contributed by atoms with Crippen molar-refractivity contribution in [3.05, 3.63) is 42.1 Å². The van der Waals surface area contributed by atoms with Gasteiger partial charge in [-0.25, -0.2) is 4.68 Å². The monoisotopic (exact) mass is 427 g/mol. The van der Waals surface area contributed by atoms with E-state index < -0.39 is 0 Å². The van der Waals surface area contributed by atoms with Crippen molar-refractivity contribution in [3.8, 4) is 5.69 Å². The van der Waals surface area contributed by atoms with Crippen LogP contribution < -0.4 is 10.2 Å². The molecule has 1 aromatic heterocycles. The first kappa shape index (κ1) is 18.7. The number of hydrogen-bond acceptors (Lipinski definition) is 6. The quantitative estimate of drug-likeness (QED) is 0.799. The van der Waals surface area contributed by atoms with Crippen molar-refractivity contribution in [1.29, 1.82) is 0 Å². The number of amides is 1. The third-order valence-electron chi connectivity index (χ3n) is 6.38. The van der Waals surface area contributed by atoms with Gasteiger partial charge in [-0.1, -0.05) is 18.2 Å². The standard InChI is InChI=1S/C22H30N6OS/c1-17-13-21(28(24-17)18-5-3-2-4-6-18)26-9-7-25(8-10-26)19-14-20(23-15-19)22(29)27-11-12-30-16-27/h2-6,13,19-20,23H,7-12,14-16H2,1H3/i2D. The number of nitrogens with one attached hydrogen (secondary N) is 1. The normalized spacial score (nSPS) is 25.7. The Labute approximate surface area is 183 Å². The van der Waals surface area contributed by atoms with E-state index in [0.717, 1.165) is 74.5 Å². The summed E-state index contributed by atoms with van der Waals surface area (Å²) in [5.41, 5.74) is 1.98. The van der Waals surface area contributed by atoms with Gasteiger partial charge in [0.1, 0.15) is 5.82 Å². The smallest absolute Gasteiger partial charge is 0.240 e. The molecule has 3 fully saturated rings. The van der Waals surface area contributed by atoms with Crippen molar-refractivity contribution in [3.63, 3.8) is 0 Å². The van der Waals surface area contributed by atoms with Crippen molar-refractivity contribution >= 4 is 23.5 Å². The van der Waals surface area contributed by atoms with Gasteiger partial charge >= 0.3 is 0 Å². The highest BCUT2D eigenvalue weighted by Crippen LogP contribution is 2.25. The zero-order chi connectivity index (χ0) is 21.4. The highest BCUT2D eigenvalue weighted by Gasteiger charge is 2.36. The Morgan fingerprint density at radius 2 is 2.03 bits per heavy atom. The van der Waals surface area contributed by atoms with Gasteiger partial charge in [-0.2, -0.15) is 5.10 Å². The average Bonchev–Trinajstić information content (AvgIpc) is 3.55. The van der Waals surface area contributed by atoms with Crippen LogP contribution in [0.3, 0.4) is 0 Å². The predicted molar refractivity (Wildman–Crippen MR) is 121 cm³/mol. The number of piperazine rings is 1. The number of thioether (sulfide) groups is 1. The van der Waals surface area contributed by atoms with Gasteiger partial charge in [-0.05, 0) is 25.5 Å². The molecule has 1 amide bonds. The Morgan fingerprint density at radius 3 is 2.77 bits per heavy atom. The van der Waals surface area contributed by atoms with E-state index in [-0.39, 0.29) is 11.9 Å². The lowest BCUT2D eigenvalue weighted by atomic mass is 10.1. The summed E-state index contributed by atoms with van der Waals surface area (Å²) in [5, 5.41) is 8.17. The Hall–Kier alpha value is -2.03. The molecule has 2 atom stereocenters. The Morgan fingerprint density at radius 1 is 1.23 bits per heavy atom. The molecule has 3 saturated heterocycles. The molecule has 3 aliphatic heterocycles. The number of para-hydroxylation sites is 1. The summed E-state index contributed by atoms with van der Waals surface area (Å²) < 4.78 is 9.72. The lowest BCUT2D eigenvalue weighted by molar-refractivity contribution is -0.131. The number of carbonyl (C=O) groups excluding carboxylic acids is 1. The van der Waals surface area contributed by atoms with Gasteiger partial charge in [0, 0.05) is 57.1 Å². The van der Waals surface area contributed by atoms with Crippen LogP contribution in [0, 0.1) is 6.92 Å². The van der Waals surface area contributed by atoms with Crippen LogP contribution in [-0.2, 0) is 4.79 Å². The lowest BCUT2D eigenvalue weighted by Crippen LogP contribution is -2.51. The first-order valence-corrected chi connectivity index (χ1v) is 12.0. The summed E-state index contributed by atoms with van der Waals surface area (Å²) in [6.07, 6.45) is 0.913. The largest absolute Gasteiger partial charge is 0.354 e. The van der Waals surface area contributed by atoms with Gasteiger partial charge < -0.3 is 15.1 Å². The molecule has 2 aromatic rings. The molecule has 7 nitrogen and oxygen atoms in total. The number of rotatable bonds is 4.